The lowest BCUT2D eigenvalue weighted by molar-refractivity contribution is -0.200. The molecule has 11 nitrogen and oxygen atoms in total. The van der Waals surface area contributed by atoms with Crippen molar-refractivity contribution in [3.8, 4) is 11.5 Å². The van der Waals surface area contributed by atoms with Crippen LogP contribution < -0.4 is 9.47 Å². The summed E-state index contributed by atoms with van der Waals surface area (Å²) >= 11 is 0. The van der Waals surface area contributed by atoms with Crippen molar-refractivity contribution >= 4 is 17.8 Å². The van der Waals surface area contributed by atoms with E-state index in [0.29, 0.717) is 30.3 Å². The van der Waals surface area contributed by atoms with Gasteiger partial charge in [0.25, 0.3) is 5.91 Å². The van der Waals surface area contributed by atoms with Crippen LogP contribution in [0, 0.1) is 5.41 Å². The molecule has 4 rings (SSSR count). The lowest BCUT2D eigenvalue weighted by Crippen LogP contribution is -2.52. The summed E-state index contributed by atoms with van der Waals surface area (Å²) in [6.07, 6.45) is -0.0383. The van der Waals surface area contributed by atoms with Crippen LogP contribution in [0.25, 0.3) is 0 Å². The first kappa shape index (κ1) is 26.9. The molecule has 1 amide bonds. The molecule has 2 heterocycles. The summed E-state index contributed by atoms with van der Waals surface area (Å²) in [4.78, 5) is 41.5. The van der Waals surface area contributed by atoms with Gasteiger partial charge in [-0.1, -0.05) is 12.1 Å². The Morgan fingerprint density at radius 1 is 1.11 bits per heavy atom. The van der Waals surface area contributed by atoms with Crippen molar-refractivity contribution in [2.24, 2.45) is 5.41 Å². The molecule has 0 saturated carbocycles. The molecule has 1 aromatic rings. The minimum Gasteiger partial charge on any atom is -0.493 e. The molecule has 1 N–H and O–H groups in total. The van der Waals surface area contributed by atoms with E-state index < -0.39 is 41.2 Å². The molecule has 3 atom stereocenters. The quantitative estimate of drug-likeness (QED) is 0.477. The number of rotatable bonds is 9. The van der Waals surface area contributed by atoms with Crippen molar-refractivity contribution in [2.45, 2.75) is 51.0 Å². The average molecular weight is 520 g/mol. The van der Waals surface area contributed by atoms with Gasteiger partial charge in [-0.25, -0.2) is 4.79 Å². The molecule has 2 saturated heterocycles. The van der Waals surface area contributed by atoms with E-state index in [9.17, 15) is 19.5 Å². The summed E-state index contributed by atoms with van der Waals surface area (Å²) in [5.74, 6) is -2.47. The topological polar surface area (TPSA) is 130 Å². The van der Waals surface area contributed by atoms with E-state index in [0.717, 1.165) is 0 Å². The van der Waals surface area contributed by atoms with Crippen molar-refractivity contribution < 1.29 is 47.9 Å². The first-order valence-corrected chi connectivity index (χ1v) is 12.3. The maximum absolute atomic E-state index is 13.6. The number of carbonyl (C=O) groups excluding carboxylic acids is 3. The number of aliphatic hydroxyl groups is 1. The van der Waals surface area contributed by atoms with Crippen LogP contribution in [0.4, 0.5) is 0 Å². The van der Waals surface area contributed by atoms with Crippen LogP contribution in [-0.2, 0) is 39.8 Å². The molecular formula is C26H33NO10. The largest absolute Gasteiger partial charge is 0.493 e. The Morgan fingerprint density at radius 3 is 2.41 bits per heavy atom. The minimum atomic E-state index is -1.80. The number of esters is 2. The van der Waals surface area contributed by atoms with Crippen LogP contribution in [0.15, 0.2) is 30.0 Å². The predicted octanol–water partition coefficient (Wildman–Crippen LogP) is 1.35. The van der Waals surface area contributed by atoms with Gasteiger partial charge in [-0.05, 0) is 31.5 Å². The first-order valence-electron chi connectivity index (χ1n) is 12.3. The van der Waals surface area contributed by atoms with Crippen LogP contribution in [0.3, 0.4) is 0 Å². The number of hydrogen-bond donors (Lipinski definition) is 1. The van der Waals surface area contributed by atoms with E-state index in [1.807, 2.05) is 0 Å². The van der Waals surface area contributed by atoms with Gasteiger partial charge in [0.2, 0.25) is 0 Å². The summed E-state index contributed by atoms with van der Waals surface area (Å²) in [6, 6.07) is 3.97. The normalized spacial score (nSPS) is 24.9. The van der Waals surface area contributed by atoms with E-state index in [-0.39, 0.29) is 38.2 Å². The van der Waals surface area contributed by atoms with E-state index in [2.05, 4.69) is 0 Å². The Labute approximate surface area is 215 Å². The Morgan fingerprint density at radius 2 is 1.78 bits per heavy atom. The maximum Gasteiger partial charge on any atom is 0.329 e. The van der Waals surface area contributed by atoms with Gasteiger partial charge in [0.05, 0.1) is 40.6 Å². The van der Waals surface area contributed by atoms with Gasteiger partial charge in [0, 0.05) is 25.0 Å². The third-order valence-electron chi connectivity index (χ3n) is 7.01. The Balaban J connectivity index is 1.79. The maximum atomic E-state index is 13.6. The lowest BCUT2D eigenvalue weighted by Gasteiger charge is -2.42. The van der Waals surface area contributed by atoms with Crippen molar-refractivity contribution in [1.29, 1.82) is 0 Å². The molecule has 2 aliphatic heterocycles. The van der Waals surface area contributed by atoms with Crippen LogP contribution in [0.5, 0.6) is 11.5 Å². The fourth-order valence-corrected chi connectivity index (χ4v) is 5.37. The predicted molar refractivity (Wildman–Crippen MR) is 128 cm³/mol. The molecule has 1 aromatic carbocycles. The average Bonchev–Trinajstić information content (AvgIpc) is 3.43. The van der Waals surface area contributed by atoms with Gasteiger partial charge < -0.3 is 33.5 Å². The van der Waals surface area contributed by atoms with Gasteiger partial charge in [-0.15, -0.1) is 0 Å². The Hall–Kier alpha value is -3.15. The number of ether oxygens (including phenoxy) is 6. The van der Waals surface area contributed by atoms with Crippen molar-refractivity contribution in [2.75, 3.05) is 40.6 Å². The van der Waals surface area contributed by atoms with Crippen molar-refractivity contribution in [1.82, 2.24) is 4.90 Å². The van der Waals surface area contributed by atoms with E-state index in [1.165, 1.54) is 19.1 Å². The zero-order valence-corrected chi connectivity index (χ0v) is 21.5. The summed E-state index contributed by atoms with van der Waals surface area (Å²) in [5.41, 5.74) is -0.952. The first-order chi connectivity index (χ1) is 17.8. The number of likely N-dealkylation sites (tertiary alicyclic amines) is 1. The van der Waals surface area contributed by atoms with E-state index in [4.69, 9.17) is 28.4 Å². The second kappa shape index (κ2) is 10.7. The van der Waals surface area contributed by atoms with Crippen LogP contribution >= 0.6 is 0 Å². The van der Waals surface area contributed by atoms with Gasteiger partial charge >= 0.3 is 11.9 Å². The molecule has 37 heavy (non-hydrogen) atoms. The van der Waals surface area contributed by atoms with E-state index in [1.54, 1.807) is 38.1 Å². The summed E-state index contributed by atoms with van der Waals surface area (Å²) < 4.78 is 33.0. The Kier molecular flexibility index (Phi) is 7.77. The number of carbonyl (C=O) groups is 3. The highest BCUT2D eigenvalue weighted by Gasteiger charge is 2.68. The number of aliphatic hydroxyl groups excluding tert-OH is 1. The van der Waals surface area contributed by atoms with Crippen LogP contribution in [0.1, 0.15) is 32.3 Å². The summed E-state index contributed by atoms with van der Waals surface area (Å²) in [6.45, 7) is 4.06. The summed E-state index contributed by atoms with van der Waals surface area (Å²) in [7, 11) is 3.01. The zero-order valence-electron chi connectivity index (χ0n) is 21.5. The fourth-order valence-electron chi connectivity index (χ4n) is 5.37. The van der Waals surface area contributed by atoms with E-state index >= 15 is 0 Å². The van der Waals surface area contributed by atoms with Gasteiger partial charge in [0.15, 0.2) is 23.4 Å². The molecule has 1 spiro atoms. The number of methoxy groups -OCH3 is 2. The highest BCUT2D eigenvalue weighted by molar-refractivity contribution is 6.00. The number of fused-ring (bicyclic) bond motifs is 1. The number of benzene rings is 1. The molecule has 1 unspecified atom stereocenters. The molecule has 2 fully saturated rings. The standard InChI is InChI=1S/C26H33NO10/c1-5-34-23(30)17(13-16-7-8-18(32-3)19(14-16)33-4)27-20-9-10-25(36-11-12-37-25)15-26(20,21(28)22(27)29)24(31)35-6-2/h7-9,14,17,21,28H,5-6,10-13,15H2,1-4H3/t17-,21?,26+/m0/s1. The molecule has 0 bridgehead atoms. The number of amides is 1. The molecular weight excluding hydrogens is 486 g/mol. The van der Waals surface area contributed by atoms with Crippen molar-refractivity contribution in [3.63, 3.8) is 0 Å². The van der Waals surface area contributed by atoms with Crippen LogP contribution in [0.2, 0.25) is 0 Å². The molecule has 3 aliphatic rings. The van der Waals surface area contributed by atoms with Gasteiger partial charge in [-0.2, -0.15) is 0 Å². The number of nitrogens with zero attached hydrogens (tertiary/aromatic N) is 1. The number of hydrogen-bond acceptors (Lipinski definition) is 10. The third-order valence-corrected chi connectivity index (χ3v) is 7.01. The molecule has 0 radical (unpaired) electrons. The van der Waals surface area contributed by atoms with Crippen LogP contribution in [-0.4, -0.2) is 86.4 Å². The smallest absolute Gasteiger partial charge is 0.329 e. The highest BCUT2D eigenvalue weighted by Crippen LogP contribution is 2.54. The van der Waals surface area contributed by atoms with Gasteiger partial charge in [-0.3, -0.25) is 14.5 Å². The lowest BCUT2D eigenvalue weighted by atomic mass is 9.71. The summed E-state index contributed by atoms with van der Waals surface area (Å²) in [5, 5.41) is 11.3. The molecule has 202 valence electrons. The fraction of sp³-hybridized carbons (Fsp3) is 0.577. The third kappa shape index (κ3) is 4.55. The van der Waals surface area contributed by atoms with Crippen molar-refractivity contribution in [3.05, 3.63) is 35.5 Å². The zero-order chi connectivity index (χ0) is 26.8. The molecule has 11 heteroatoms. The highest BCUT2D eigenvalue weighted by atomic mass is 16.7. The second-order valence-electron chi connectivity index (χ2n) is 9.04. The molecule has 0 aromatic heterocycles. The Bertz CT molecular complexity index is 1080. The monoisotopic (exact) mass is 519 g/mol. The second-order valence-corrected chi connectivity index (χ2v) is 9.04. The SMILES string of the molecule is CCOC(=O)[C@H](Cc1ccc(OC)c(OC)c1)N1C(=O)C(O)[C@@]2(C(=O)OCC)CC3(CC=C12)OCCO3. The molecule has 1 aliphatic carbocycles. The minimum absolute atomic E-state index is 0.0338. The van der Waals surface area contributed by atoms with Gasteiger partial charge in [0.1, 0.15) is 11.5 Å².